The molecular weight excluding hydrogens is 246 g/mol. The fourth-order valence-electron chi connectivity index (χ4n) is 2.59. The number of carbonyl (C=O) groups is 1. The molecule has 1 aromatic rings. The van der Waals surface area contributed by atoms with Crippen molar-refractivity contribution in [2.45, 2.75) is 31.7 Å². The summed E-state index contributed by atoms with van der Waals surface area (Å²) in [6, 6.07) is 3.24. The van der Waals surface area contributed by atoms with Gasteiger partial charge in [-0.05, 0) is 25.0 Å². The number of hydrogen-bond donors (Lipinski definition) is 3. The van der Waals surface area contributed by atoms with Gasteiger partial charge in [-0.1, -0.05) is 12.8 Å². The van der Waals surface area contributed by atoms with Crippen molar-refractivity contribution >= 4 is 17.5 Å². The molecule has 0 spiro atoms. The number of carboxylic acids is 1. The monoisotopic (exact) mass is 265 g/mol. The van der Waals surface area contributed by atoms with E-state index in [1.165, 1.54) is 6.07 Å². The standard InChI is InChI=1S/C13H19N3O3/c14-10-5-6-11(13(18)19)15-12(10)16(7-8-17)9-3-1-2-4-9/h5-6,9,17H,1-4,7-8,14H2,(H,18,19). The van der Waals surface area contributed by atoms with Gasteiger partial charge in [-0.25, -0.2) is 9.78 Å². The molecule has 6 heteroatoms. The number of anilines is 2. The Labute approximate surface area is 111 Å². The van der Waals surface area contributed by atoms with Gasteiger partial charge in [0.15, 0.2) is 11.5 Å². The molecule has 0 aliphatic heterocycles. The fraction of sp³-hybridized carbons (Fsp3) is 0.538. The first-order valence-electron chi connectivity index (χ1n) is 6.51. The van der Waals surface area contributed by atoms with Gasteiger partial charge in [0, 0.05) is 12.6 Å². The molecule has 1 fully saturated rings. The summed E-state index contributed by atoms with van der Waals surface area (Å²) in [5.41, 5.74) is 6.34. The molecule has 2 rings (SSSR count). The van der Waals surface area contributed by atoms with Gasteiger partial charge in [0.1, 0.15) is 0 Å². The molecule has 0 bridgehead atoms. The van der Waals surface area contributed by atoms with Gasteiger partial charge in [0.2, 0.25) is 0 Å². The molecule has 19 heavy (non-hydrogen) atoms. The lowest BCUT2D eigenvalue weighted by molar-refractivity contribution is 0.0690. The highest BCUT2D eigenvalue weighted by Crippen LogP contribution is 2.30. The predicted octanol–water partition coefficient (Wildman–Crippen LogP) is 1.10. The molecule has 1 saturated carbocycles. The van der Waals surface area contributed by atoms with Crippen LogP contribution in [0.1, 0.15) is 36.2 Å². The van der Waals surface area contributed by atoms with Crippen molar-refractivity contribution in [2.24, 2.45) is 0 Å². The number of carboxylic acid groups (broad SMARTS) is 1. The number of rotatable bonds is 5. The summed E-state index contributed by atoms with van der Waals surface area (Å²) < 4.78 is 0. The van der Waals surface area contributed by atoms with E-state index in [1.54, 1.807) is 6.07 Å². The fourth-order valence-corrected chi connectivity index (χ4v) is 2.59. The molecule has 1 aliphatic rings. The number of nitrogen functional groups attached to an aromatic ring is 1. The highest BCUT2D eigenvalue weighted by atomic mass is 16.4. The smallest absolute Gasteiger partial charge is 0.354 e. The van der Waals surface area contributed by atoms with Crippen LogP contribution >= 0.6 is 0 Å². The molecule has 104 valence electrons. The Balaban J connectivity index is 2.34. The van der Waals surface area contributed by atoms with Gasteiger partial charge < -0.3 is 20.8 Å². The van der Waals surface area contributed by atoms with Crippen molar-refractivity contribution in [2.75, 3.05) is 23.8 Å². The van der Waals surface area contributed by atoms with Crippen LogP contribution in [0.3, 0.4) is 0 Å². The van der Waals surface area contributed by atoms with Crippen molar-refractivity contribution in [3.05, 3.63) is 17.8 Å². The Morgan fingerprint density at radius 1 is 1.42 bits per heavy atom. The zero-order chi connectivity index (χ0) is 13.8. The molecule has 1 aromatic heterocycles. The van der Waals surface area contributed by atoms with Gasteiger partial charge in [0.25, 0.3) is 0 Å². The Morgan fingerprint density at radius 2 is 2.11 bits per heavy atom. The zero-order valence-electron chi connectivity index (χ0n) is 10.7. The average Bonchev–Trinajstić information content (AvgIpc) is 2.90. The second kappa shape index (κ2) is 5.88. The lowest BCUT2D eigenvalue weighted by Gasteiger charge is -2.30. The van der Waals surface area contributed by atoms with Crippen LogP contribution in [0.25, 0.3) is 0 Å². The third-order valence-electron chi connectivity index (χ3n) is 3.50. The molecule has 1 aliphatic carbocycles. The summed E-state index contributed by atoms with van der Waals surface area (Å²) in [7, 11) is 0. The van der Waals surface area contributed by atoms with Gasteiger partial charge in [-0.2, -0.15) is 0 Å². The first-order chi connectivity index (χ1) is 9.13. The maximum atomic E-state index is 11.0. The van der Waals surface area contributed by atoms with Crippen LogP contribution in [-0.4, -0.2) is 40.4 Å². The Hall–Kier alpha value is -1.82. The number of aliphatic hydroxyl groups excluding tert-OH is 1. The molecule has 0 unspecified atom stereocenters. The van der Waals surface area contributed by atoms with E-state index in [9.17, 15) is 9.90 Å². The number of aliphatic hydroxyl groups is 1. The van der Waals surface area contributed by atoms with Crippen molar-refractivity contribution in [1.29, 1.82) is 0 Å². The second-order valence-electron chi connectivity index (χ2n) is 4.77. The Morgan fingerprint density at radius 3 is 2.68 bits per heavy atom. The molecule has 1 heterocycles. The lowest BCUT2D eigenvalue weighted by atomic mass is 10.2. The summed E-state index contributed by atoms with van der Waals surface area (Å²) in [6.45, 7) is 0.417. The normalized spacial score (nSPS) is 15.6. The molecule has 4 N–H and O–H groups in total. The van der Waals surface area contributed by atoms with E-state index in [0.717, 1.165) is 25.7 Å². The minimum atomic E-state index is -1.07. The van der Waals surface area contributed by atoms with Crippen LogP contribution in [0.15, 0.2) is 12.1 Å². The van der Waals surface area contributed by atoms with E-state index in [4.69, 9.17) is 10.8 Å². The molecule has 6 nitrogen and oxygen atoms in total. The van der Waals surface area contributed by atoms with Crippen LogP contribution in [0.2, 0.25) is 0 Å². The Bertz CT molecular complexity index is 458. The second-order valence-corrected chi connectivity index (χ2v) is 4.77. The number of aromatic carboxylic acids is 1. The average molecular weight is 265 g/mol. The molecule has 0 saturated heterocycles. The van der Waals surface area contributed by atoms with Crippen molar-refractivity contribution in [3.63, 3.8) is 0 Å². The quantitative estimate of drug-likeness (QED) is 0.737. The van der Waals surface area contributed by atoms with Crippen LogP contribution < -0.4 is 10.6 Å². The molecule has 0 aromatic carbocycles. The minimum Gasteiger partial charge on any atom is -0.477 e. The van der Waals surface area contributed by atoms with Crippen LogP contribution in [-0.2, 0) is 0 Å². The van der Waals surface area contributed by atoms with E-state index in [-0.39, 0.29) is 18.3 Å². The molecule has 0 radical (unpaired) electrons. The summed E-state index contributed by atoms with van der Waals surface area (Å²) in [6.07, 6.45) is 4.34. The van der Waals surface area contributed by atoms with Gasteiger partial charge in [-0.3, -0.25) is 0 Å². The van der Waals surface area contributed by atoms with E-state index < -0.39 is 5.97 Å². The maximum absolute atomic E-state index is 11.0. The third kappa shape index (κ3) is 2.96. The Kier molecular flexibility index (Phi) is 4.21. The van der Waals surface area contributed by atoms with E-state index >= 15 is 0 Å². The summed E-state index contributed by atoms with van der Waals surface area (Å²) in [5.74, 6) is -0.600. The van der Waals surface area contributed by atoms with E-state index in [1.807, 2.05) is 4.90 Å². The number of hydrogen-bond acceptors (Lipinski definition) is 5. The third-order valence-corrected chi connectivity index (χ3v) is 3.50. The highest BCUT2D eigenvalue weighted by Gasteiger charge is 2.25. The van der Waals surface area contributed by atoms with E-state index in [2.05, 4.69) is 4.98 Å². The van der Waals surface area contributed by atoms with Crippen molar-refractivity contribution in [3.8, 4) is 0 Å². The number of nitrogens with zero attached hydrogens (tertiary/aromatic N) is 2. The van der Waals surface area contributed by atoms with Gasteiger partial charge in [0.05, 0.1) is 12.3 Å². The zero-order valence-corrected chi connectivity index (χ0v) is 10.7. The minimum absolute atomic E-state index is 0.00504. The van der Waals surface area contributed by atoms with Crippen molar-refractivity contribution < 1.29 is 15.0 Å². The lowest BCUT2D eigenvalue weighted by Crippen LogP contribution is -2.37. The summed E-state index contributed by atoms with van der Waals surface area (Å²) >= 11 is 0. The number of pyridine rings is 1. The molecular formula is C13H19N3O3. The molecule has 0 amide bonds. The summed E-state index contributed by atoms with van der Waals surface area (Å²) in [4.78, 5) is 17.1. The first kappa shape index (κ1) is 13.6. The largest absolute Gasteiger partial charge is 0.477 e. The highest BCUT2D eigenvalue weighted by molar-refractivity contribution is 5.87. The van der Waals surface area contributed by atoms with Crippen LogP contribution in [0.5, 0.6) is 0 Å². The van der Waals surface area contributed by atoms with Crippen LogP contribution in [0.4, 0.5) is 11.5 Å². The number of nitrogens with two attached hydrogens (primary N) is 1. The molecule has 0 atom stereocenters. The maximum Gasteiger partial charge on any atom is 0.354 e. The van der Waals surface area contributed by atoms with Gasteiger partial charge >= 0.3 is 5.97 Å². The van der Waals surface area contributed by atoms with E-state index in [0.29, 0.717) is 18.1 Å². The summed E-state index contributed by atoms with van der Waals surface area (Å²) in [5, 5.41) is 18.2. The first-order valence-corrected chi connectivity index (χ1v) is 6.51. The van der Waals surface area contributed by atoms with Crippen LogP contribution in [0, 0.1) is 0 Å². The van der Waals surface area contributed by atoms with Crippen molar-refractivity contribution in [1.82, 2.24) is 4.98 Å². The number of aromatic nitrogens is 1. The predicted molar refractivity (Wildman–Crippen MR) is 72.3 cm³/mol. The topological polar surface area (TPSA) is 99.7 Å². The van der Waals surface area contributed by atoms with Gasteiger partial charge in [-0.15, -0.1) is 0 Å². The SMILES string of the molecule is Nc1ccc(C(=O)O)nc1N(CCO)C1CCCC1.